The first kappa shape index (κ1) is 15.1. The van der Waals surface area contributed by atoms with Gasteiger partial charge in [-0.3, -0.25) is 10.1 Å². The van der Waals surface area contributed by atoms with Gasteiger partial charge in [0.15, 0.2) is 0 Å². The van der Waals surface area contributed by atoms with Gasteiger partial charge in [-0.1, -0.05) is 0 Å². The molecule has 2 rings (SSSR count). The molecule has 0 spiro atoms. The van der Waals surface area contributed by atoms with Gasteiger partial charge >= 0.3 is 5.97 Å². The summed E-state index contributed by atoms with van der Waals surface area (Å²) in [6, 6.07) is 10.6. The van der Waals surface area contributed by atoms with Crippen molar-refractivity contribution >= 4 is 11.7 Å². The number of hydrogen-bond acceptors (Lipinski definition) is 5. The normalized spacial score (nSPS) is 9.82. The van der Waals surface area contributed by atoms with Gasteiger partial charge in [0.25, 0.3) is 5.69 Å². The van der Waals surface area contributed by atoms with Crippen molar-refractivity contribution in [1.29, 1.82) is 5.26 Å². The molecule has 0 amide bonds. The fourth-order valence-corrected chi connectivity index (χ4v) is 1.69. The number of nitro groups is 1. The van der Waals surface area contributed by atoms with Crippen LogP contribution < -0.4 is 0 Å². The number of carbonyl (C=O) groups excluding carboxylic acids is 1. The second-order valence-corrected chi connectivity index (χ2v) is 4.31. The number of ether oxygens (including phenoxy) is 1. The van der Waals surface area contributed by atoms with E-state index in [1.165, 1.54) is 36.4 Å². The molecule has 0 radical (unpaired) electrons. The second-order valence-electron chi connectivity index (χ2n) is 4.31. The predicted octanol–water partition coefficient (Wildman–Crippen LogP) is 2.96. The van der Waals surface area contributed by atoms with Crippen molar-refractivity contribution in [2.45, 2.75) is 6.61 Å². The number of nitriles is 1. The Morgan fingerprint density at radius 2 is 1.95 bits per heavy atom. The van der Waals surface area contributed by atoms with Gasteiger partial charge in [0, 0.05) is 12.1 Å². The number of nitrogens with zero attached hydrogens (tertiary/aromatic N) is 2. The smallest absolute Gasteiger partial charge is 0.341 e. The topological polar surface area (TPSA) is 93.2 Å². The molecule has 0 aliphatic heterocycles. The van der Waals surface area contributed by atoms with E-state index in [4.69, 9.17) is 10.00 Å². The van der Waals surface area contributed by atoms with Gasteiger partial charge in [0.05, 0.1) is 22.1 Å². The first-order chi connectivity index (χ1) is 10.5. The minimum absolute atomic E-state index is 0.0757. The third kappa shape index (κ3) is 3.43. The van der Waals surface area contributed by atoms with Crippen LogP contribution in [0.25, 0.3) is 0 Å². The molecule has 0 N–H and O–H groups in total. The first-order valence-corrected chi connectivity index (χ1v) is 6.11. The molecule has 6 nitrogen and oxygen atoms in total. The van der Waals surface area contributed by atoms with Crippen LogP contribution in [-0.4, -0.2) is 10.9 Å². The molecule has 0 atom stereocenters. The van der Waals surface area contributed by atoms with E-state index in [1.807, 2.05) is 0 Å². The maximum Gasteiger partial charge on any atom is 0.341 e. The maximum atomic E-state index is 13.6. The SMILES string of the molecule is N#Cc1ccc(C(=O)OCc2ccc([N+](=O)[O-])cc2)c(F)c1. The Bertz CT molecular complexity index is 766. The van der Waals surface area contributed by atoms with Crippen LogP contribution in [0.3, 0.4) is 0 Å². The summed E-state index contributed by atoms with van der Waals surface area (Å²) in [5, 5.41) is 19.1. The zero-order chi connectivity index (χ0) is 16.1. The van der Waals surface area contributed by atoms with Gasteiger partial charge in [-0.05, 0) is 35.9 Å². The lowest BCUT2D eigenvalue weighted by Gasteiger charge is -2.06. The van der Waals surface area contributed by atoms with Crippen LogP contribution >= 0.6 is 0 Å². The summed E-state index contributed by atoms with van der Waals surface area (Å²) in [6.07, 6.45) is 0. The number of non-ortho nitro benzene ring substituents is 1. The summed E-state index contributed by atoms with van der Waals surface area (Å²) in [5.41, 5.74) is 0.284. The van der Waals surface area contributed by atoms with E-state index in [9.17, 15) is 19.3 Å². The van der Waals surface area contributed by atoms with Crippen molar-refractivity contribution in [1.82, 2.24) is 0 Å². The van der Waals surface area contributed by atoms with Gasteiger partial charge in [0.2, 0.25) is 0 Å². The number of rotatable bonds is 4. The molecule has 2 aromatic rings. The number of carbonyl (C=O) groups is 1. The summed E-state index contributed by atoms with van der Waals surface area (Å²) in [5.74, 6) is -1.71. The van der Waals surface area contributed by atoms with Crippen LogP contribution in [0.5, 0.6) is 0 Å². The van der Waals surface area contributed by atoms with E-state index in [-0.39, 0.29) is 23.4 Å². The van der Waals surface area contributed by atoms with E-state index >= 15 is 0 Å². The molecular formula is C15H9FN2O4. The lowest BCUT2D eigenvalue weighted by atomic mass is 10.1. The van der Waals surface area contributed by atoms with Gasteiger partial charge in [-0.25, -0.2) is 9.18 Å². The van der Waals surface area contributed by atoms with Gasteiger partial charge < -0.3 is 4.74 Å². The van der Waals surface area contributed by atoms with Crippen molar-refractivity contribution in [2.75, 3.05) is 0 Å². The maximum absolute atomic E-state index is 13.6. The van der Waals surface area contributed by atoms with Crippen LogP contribution in [0, 0.1) is 27.3 Å². The Labute approximate surface area is 124 Å². The average molecular weight is 300 g/mol. The third-order valence-electron chi connectivity index (χ3n) is 2.84. The zero-order valence-corrected chi connectivity index (χ0v) is 11.2. The van der Waals surface area contributed by atoms with Crippen LogP contribution in [0.1, 0.15) is 21.5 Å². The Morgan fingerprint density at radius 3 is 2.50 bits per heavy atom. The molecule has 0 aliphatic carbocycles. The molecule has 2 aromatic carbocycles. The highest BCUT2D eigenvalue weighted by Gasteiger charge is 2.14. The molecule has 22 heavy (non-hydrogen) atoms. The van der Waals surface area contributed by atoms with E-state index in [2.05, 4.69) is 0 Å². The fourth-order valence-electron chi connectivity index (χ4n) is 1.69. The molecular weight excluding hydrogens is 291 g/mol. The van der Waals surface area contributed by atoms with E-state index < -0.39 is 16.7 Å². The molecule has 0 aliphatic rings. The number of benzene rings is 2. The van der Waals surface area contributed by atoms with Crippen LogP contribution in [-0.2, 0) is 11.3 Å². The Balaban J connectivity index is 2.04. The lowest BCUT2D eigenvalue weighted by molar-refractivity contribution is -0.384. The number of nitro benzene ring substituents is 1. The molecule has 110 valence electrons. The molecule has 0 fully saturated rings. The van der Waals surface area contributed by atoms with Crippen LogP contribution in [0.2, 0.25) is 0 Å². The number of halogens is 1. The van der Waals surface area contributed by atoms with Crippen molar-refractivity contribution in [2.24, 2.45) is 0 Å². The largest absolute Gasteiger partial charge is 0.457 e. The lowest BCUT2D eigenvalue weighted by Crippen LogP contribution is -2.07. The summed E-state index contributed by atoms with van der Waals surface area (Å²) in [4.78, 5) is 21.7. The highest BCUT2D eigenvalue weighted by atomic mass is 19.1. The average Bonchev–Trinajstić information content (AvgIpc) is 2.52. The molecule has 0 saturated heterocycles. The van der Waals surface area contributed by atoms with Gasteiger partial charge in [-0.2, -0.15) is 5.26 Å². The fraction of sp³-hybridized carbons (Fsp3) is 0.0667. The molecule has 0 saturated carbocycles. The molecule has 0 heterocycles. The van der Waals surface area contributed by atoms with Gasteiger partial charge in [-0.15, -0.1) is 0 Å². The summed E-state index contributed by atoms with van der Waals surface area (Å²) in [6.45, 7) is -0.143. The predicted molar refractivity (Wildman–Crippen MR) is 73.3 cm³/mol. The highest BCUT2D eigenvalue weighted by molar-refractivity contribution is 5.89. The molecule has 7 heteroatoms. The monoisotopic (exact) mass is 300 g/mol. The van der Waals surface area contributed by atoms with Crippen molar-refractivity contribution in [3.05, 3.63) is 75.1 Å². The van der Waals surface area contributed by atoms with E-state index in [1.54, 1.807) is 6.07 Å². The van der Waals surface area contributed by atoms with Crippen molar-refractivity contribution < 1.29 is 18.8 Å². The Hall–Kier alpha value is -3.27. The number of esters is 1. The van der Waals surface area contributed by atoms with Crippen LogP contribution in [0.15, 0.2) is 42.5 Å². The third-order valence-corrected chi connectivity index (χ3v) is 2.84. The quantitative estimate of drug-likeness (QED) is 0.491. The molecule has 0 aromatic heterocycles. The minimum Gasteiger partial charge on any atom is -0.457 e. The van der Waals surface area contributed by atoms with E-state index in [0.29, 0.717) is 5.56 Å². The highest BCUT2D eigenvalue weighted by Crippen LogP contribution is 2.15. The number of hydrogen-bond donors (Lipinski definition) is 0. The zero-order valence-electron chi connectivity index (χ0n) is 11.2. The summed E-state index contributed by atoms with van der Waals surface area (Å²) >= 11 is 0. The van der Waals surface area contributed by atoms with Crippen LogP contribution in [0.4, 0.5) is 10.1 Å². The first-order valence-electron chi connectivity index (χ1n) is 6.11. The Kier molecular flexibility index (Phi) is 4.44. The van der Waals surface area contributed by atoms with E-state index in [0.717, 1.165) is 6.07 Å². The van der Waals surface area contributed by atoms with Crippen molar-refractivity contribution in [3.8, 4) is 6.07 Å². The van der Waals surface area contributed by atoms with Crippen molar-refractivity contribution in [3.63, 3.8) is 0 Å². The summed E-state index contributed by atoms with van der Waals surface area (Å²) in [7, 11) is 0. The minimum atomic E-state index is -0.875. The second kappa shape index (κ2) is 6.45. The molecule has 0 unspecified atom stereocenters. The summed E-state index contributed by atoms with van der Waals surface area (Å²) < 4.78 is 18.6. The molecule has 0 bridgehead atoms. The standard InChI is InChI=1S/C15H9FN2O4/c16-14-7-11(8-17)3-6-13(14)15(19)22-9-10-1-4-12(5-2-10)18(20)21/h1-7H,9H2. The van der Waals surface area contributed by atoms with Gasteiger partial charge in [0.1, 0.15) is 12.4 Å². The Morgan fingerprint density at radius 1 is 1.27 bits per heavy atom.